The third-order valence-electron chi connectivity index (χ3n) is 5.58. The van der Waals surface area contributed by atoms with Crippen LogP contribution < -0.4 is 14.6 Å². The smallest absolute Gasteiger partial charge is 0.387 e. The van der Waals surface area contributed by atoms with Crippen molar-refractivity contribution in [3.05, 3.63) is 47.5 Å². The molecule has 2 aromatic rings. The van der Waals surface area contributed by atoms with E-state index in [1.54, 1.807) is 44.2 Å². The first-order valence-electron chi connectivity index (χ1n) is 10.4. The Morgan fingerprint density at radius 2 is 1.97 bits per heavy atom. The normalized spacial score (nSPS) is 15.4. The third kappa shape index (κ3) is 6.00. The molecule has 0 amide bonds. The van der Waals surface area contributed by atoms with E-state index in [2.05, 4.69) is 0 Å². The number of carbonyl (C=O) groups is 1. The molecule has 0 aliphatic carbocycles. The summed E-state index contributed by atoms with van der Waals surface area (Å²) < 4.78 is 64.9. The SMILES string of the molecule is COC(=O)C(C)(C)CCCC1Oc2cccc(OC(F)F)c2-c2ccc(CS(N)(=O)=O)cc21. The summed E-state index contributed by atoms with van der Waals surface area (Å²) >= 11 is 0. The number of ether oxygens (including phenoxy) is 3. The van der Waals surface area contributed by atoms with E-state index < -0.39 is 28.2 Å². The van der Waals surface area contributed by atoms with E-state index in [0.717, 1.165) is 0 Å². The summed E-state index contributed by atoms with van der Waals surface area (Å²) in [6.45, 7) is 0.573. The average molecular weight is 484 g/mol. The lowest BCUT2D eigenvalue weighted by Crippen LogP contribution is -2.26. The van der Waals surface area contributed by atoms with Crippen molar-refractivity contribution >= 4 is 16.0 Å². The van der Waals surface area contributed by atoms with Gasteiger partial charge < -0.3 is 14.2 Å². The third-order valence-corrected chi connectivity index (χ3v) is 6.32. The molecule has 0 spiro atoms. The van der Waals surface area contributed by atoms with Gasteiger partial charge in [0.15, 0.2) is 0 Å². The Labute approximate surface area is 191 Å². The quantitative estimate of drug-likeness (QED) is 0.525. The van der Waals surface area contributed by atoms with Crippen molar-refractivity contribution in [2.45, 2.75) is 51.6 Å². The topological polar surface area (TPSA) is 105 Å². The first kappa shape index (κ1) is 24.9. The van der Waals surface area contributed by atoms with E-state index >= 15 is 0 Å². The van der Waals surface area contributed by atoms with E-state index in [1.165, 1.54) is 13.2 Å². The number of alkyl halides is 2. The second-order valence-corrected chi connectivity index (χ2v) is 10.2. The van der Waals surface area contributed by atoms with E-state index in [4.69, 9.17) is 19.3 Å². The van der Waals surface area contributed by atoms with E-state index in [9.17, 15) is 22.0 Å². The molecule has 0 bridgehead atoms. The molecule has 10 heteroatoms. The van der Waals surface area contributed by atoms with Crippen LogP contribution >= 0.6 is 0 Å². The van der Waals surface area contributed by atoms with Crippen LogP contribution in [0.25, 0.3) is 11.1 Å². The minimum atomic E-state index is -3.77. The first-order chi connectivity index (χ1) is 15.4. The maximum atomic E-state index is 13.0. The molecule has 1 atom stereocenters. The van der Waals surface area contributed by atoms with Crippen LogP contribution in [-0.4, -0.2) is 28.1 Å². The molecule has 0 saturated heterocycles. The Morgan fingerprint density at radius 3 is 2.61 bits per heavy atom. The number of esters is 1. The summed E-state index contributed by atoms with van der Waals surface area (Å²) in [6, 6.07) is 9.58. The van der Waals surface area contributed by atoms with Gasteiger partial charge in [-0.2, -0.15) is 8.78 Å². The maximum absolute atomic E-state index is 13.0. The van der Waals surface area contributed by atoms with Gasteiger partial charge in [-0.1, -0.05) is 24.3 Å². The van der Waals surface area contributed by atoms with Crippen LogP contribution in [0.5, 0.6) is 11.5 Å². The molecule has 1 heterocycles. The molecule has 2 N–H and O–H groups in total. The molecule has 0 fully saturated rings. The number of hydrogen-bond acceptors (Lipinski definition) is 6. The fourth-order valence-electron chi connectivity index (χ4n) is 4.04. The highest BCUT2D eigenvalue weighted by Crippen LogP contribution is 2.49. The molecule has 2 aromatic carbocycles. The van der Waals surface area contributed by atoms with E-state index in [1.807, 2.05) is 0 Å². The monoisotopic (exact) mass is 483 g/mol. The van der Waals surface area contributed by atoms with Crippen molar-refractivity contribution in [1.82, 2.24) is 0 Å². The number of hydrogen-bond donors (Lipinski definition) is 1. The average Bonchev–Trinajstić information content (AvgIpc) is 2.71. The number of sulfonamides is 1. The second kappa shape index (κ2) is 9.64. The molecule has 1 aliphatic rings. The Hall–Kier alpha value is -2.72. The second-order valence-electron chi connectivity index (χ2n) is 8.61. The first-order valence-corrected chi connectivity index (χ1v) is 12.1. The Bertz CT molecular complexity index is 1130. The van der Waals surface area contributed by atoms with Crippen molar-refractivity contribution in [1.29, 1.82) is 0 Å². The van der Waals surface area contributed by atoms with Gasteiger partial charge in [0.05, 0.1) is 23.8 Å². The standard InChI is InChI=1S/C23H27F2NO6S/c1-23(2,21(27)30-3)11-5-8-17-16-12-14(13-33(26,28)29)9-10-15(16)20-18(31-17)6-4-7-19(20)32-22(24)25/h4,6-7,9-10,12,17,22H,5,8,11,13H2,1-3H3,(H2,26,28,29). The van der Waals surface area contributed by atoms with Gasteiger partial charge in [-0.3, -0.25) is 4.79 Å². The zero-order valence-corrected chi connectivity index (χ0v) is 19.5. The molecule has 180 valence electrons. The highest BCUT2D eigenvalue weighted by molar-refractivity contribution is 7.88. The van der Waals surface area contributed by atoms with Crippen molar-refractivity contribution in [2.75, 3.05) is 7.11 Å². The van der Waals surface area contributed by atoms with Gasteiger partial charge in [-0.15, -0.1) is 0 Å². The molecule has 33 heavy (non-hydrogen) atoms. The molecule has 0 radical (unpaired) electrons. The summed E-state index contributed by atoms with van der Waals surface area (Å²) in [5, 5.41) is 5.20. The minimum absolute atomic E-state index is 0.0341. The summed E-state index contributed by atoms with van der Waals surface area (Å²) in [6.07, 6.45) is 1.16. The minimum Gasteiger partial charge on any atom is -0.485 e. The van der Waals surface area contributed by atoms with Crippen LogP contribution in [0.1, 0.15) is 50.3 Å². The lowest BCUT2D eigenvalue weighted by Gasteiger charge is -2.31. The van der Waals surface area contributed by atoms with Gasteiger partial charge in [0.1, 0.15) is 17.6 Å². The molecule has 3 rings (SSSR count). The summed E-state index contributed by atoms with van der Waals surface area (Å²) in [5.41, 5.74) is 1.40. The molecule has 1 aliphatic heterocycles. The van der Waals surface area contributed by atoms with Crippen molar-refractivity contribution in [3.63, 3.8) is 0 Å². The molecular weight excluding hydrogens is 456 g/mol. The molecule has 7 nitrogen and oxygen atoms in total. The van der Waals surface area contributed by atoms with Crippen LogP contribution in [0.2, 0.25) is 0 Å². The zero-order valence-electron chi connectivity index (χ0n) is 18.6. The van der Waals surface area contributed by atoms with Gasteiger partial charge in [-0.25, -0.2) is 13.6 Å². The predicted octanol–water partition coefficient (Wildman–Crippen LogP) is 4.55. The fourth-order valence-corrected chi connectivity index (χ4v) is 4.68. The predicted molar refractivity (Wildman–Crippen MR) is 118 cm³/mol. The summed E-state index contributed by atoms with van der Waals surface area (Å²) in [5.74, 6) is -0.336. The van der Waals surface area contributed by atoms with Crippen LogP contribution in [0, 0.1) is 5.41 Å². The van der Waals surface area contributed by atoms with Gasteiger partial charge in [0, 0.05) is 5.56 Å². The number of nitrogens with two attached hydrogens (primary N) is 1. The largest absolute Gasteiger partial charge is 0.485 e. The van der Waals surface area contributed by atoms with Gasteiger partial charge >= 0.3 is 12.6 Å². The van der Waals surface area contributed by atoms with Crippen LogP contribution in [0.15, 0.2) is 36.4 Å². The Kier molecular flexibility index (Phi) is 7.28. The van der Waals surface area contributed by atoms with Gasteiger partial charge in [-0.05, 0) is 56.4 Å². The lowest BCUT2D eigenvalue weighted by atomic mass is 9.84. The molecule has 0 aromatic heterocycles. The number of benzene rings is 2. The van der Waals surface area contributed by atoms with Crippen LogP contribution in [0.4, 0.5) is 8.78 Å². The number of carbonyl (C=O) groups excluding carboxylic acids is 1. The molecule has 0 saturated carbocycles. The van der Waals surface area contributed by atoms with Crippen molar-refractivity contribution < 1.29 is 36.2 Å². The van der Waals surface area contributed by atoms with Crippen LogP contribution in [-0.2, 0) is 25.3 Å². The number of rotatable bonds is 9. The Morgan fingerprint density at radius 1 is 1.24 bits per heavy atom. The highest BCUT2D eigenvalue weighted by Gasteiger charge is 2.32. The number of methoxy groups -OCH3 is 1. The Balaban J connectivity index is 1.97. The number of primary sulfonamides is 1. The number of halogens is 2. The maximum Gasteiger partial charge on any atom is 0.387 e. The number of fused-ring (bicyclic) bond motifs is 3. The van der Waals surface area contributed by atoms with Gasteiger partial charge in [0.2, 0.25) is 10.0 Å². The lowest BCUT2D eigenvalue weighted by molar-refractivity contribution is -0.151. The van der Waals surface area contributed by atoms with E-state index in [0.29, 0.717) is 47.3 Å². The summed E-state index contributed by atoms with van der Waals surface area (Å²) in [4.78, 5) is 12.0. The zero-order chi connectivity index (χ0) is 24.4. The molecular formula is C23H27F2NO6S. The van der Waals surface area contributed by atoms with Crippen molar-refractivity contribution in [2.24, 2.45) is 10.6 Å². The summed E-state index contributed by atoms with van der Waals surface area (Å²) in [7, 11) is -2.43. The highest BCUT2D eigenvalue weighted by atomic mass is 32.2. The van der Waals surface area contributed by atoms with Crippen molar-refractivity contribution in [3.8, 4) is 22.6 Å². The van der Waals surface area contributed by atoms with E-state index in [-0.39, 0.29) is 17.5 Å². The molecule has 1 unspecified atom stereocenters. The van der Waals surface area contributed by atoms with Gasteiger partial charge in [0.25, 0.3) is 0 Å². The fraction of sp³-hybridized carbons (Fsp3) is 0.435. The van der Waals surface area contributed by atoms with Crippen LogP contribution in [0.3, 0.4) is 0 Å².